The number of fused-ring (bicyclic) bond motifs is 2. The molecule has 0 saturated heterocycles. The van der Waals surface area contributed by atoms with E-state index in [2.05, 4.69) is 9.97 Å². The Morgan fingerprint density at radius 1 is 0.737 bits per heavy atom. The number of aliphatic hydroxyl groups excluding tert-OH is 1. The predicted octanol–water partition coefficient (Wildman–Crippen LogP) is 7.97. The Morgan fingerprint density at radius 2 is 1.42 bits per heavy atom. The van der Waals surface area contributed by atoms with Crippen molar-refractivity contribution in [3.8, 4) is 17.2 Å². The summed E-state index contributed by atoms with van der Waals surface area (Å²) in [5, 5.41) is 11.0. The number of hydrogen-bond acceptors (Lipinski definition) is 5. The van der Waals surface area contributed by atoms with Gasteiger partial charge in [0.15, 0.2) is 0 Å². The molecule has 2 aromatic heterocycles. The van der Waals surface area contributed by atoms with E-state index in [-0.39, 0.29) is 39.1 Å². The van der Waals surface area contributed by atoms with Crippen LogP contribution in [0.25, 0.3) is 21.8 Å². The fraction of sp³-hybridized carbons (Fsp3) is 0.143. The molecule has 5 rings (SSSR count). The average molecular weight is 526 g/mol. The molecule has 194 valence electrons. The standard InChI is InChI=1S/C28H19F5N2O3/c1-14-10-19-17(24(12-20(34-19)26(30)31)38-28(36)15-6-3-2-4-7-15)11-22(14)37-23-13-21(27(32)33)35-25-16(23)8-5-9-18(25)29/h2-13,26-28,36H,1H3. The number of aromatic nitrogens is 2. The van der Waals surface area contributed by atoms with Crippen LogP contribution in [0.1, 0.15) is 41.7 Å². The molecule has 0 aliphatic rings. The summed E-state index contributed by atoms with van der Waals surface area (Å²) in [5.74, 6) is -0.805. The third-order valence-corrected chi connectivity index (χ3v) is 5.85. The van der Waals surface area contributed by atoms with Crippen LogP contribution in [-0.4, -0.2) is 15.1 Å². The molecule has 3 aromatic carbocycles. The minimum atomic E-state index is -2.98. The molecule has 10 heteroatoms. The van der Waals surface area contributed by atoms with Crippen LogP contribution in [0.15, 0.2) is 72.8 Å². The number of aryl methyl sites for hydroxylation is 1. The van der Waals surface area contributed by atoms with Gasteiger partial charge >= 0.3 is 0 Å². The summed E-state index contributed by atoms with van der Waals surface area (Å²) < 4.78 is 80.2. The predicted molar refractivity (Wildman–Crippen MR) is 130 cm³/mol. The molecule has 0 aliphatic heterocycles. The van der Waals surface area contributed by atoms with Gasteiger partial charge in [0.25, 0.3) is 12.9 Å². The number of alkyl halides is 4. The minimum absolute atomic E-state index is 0.0730. The molecule has 1 atom stereocenters. The zero-order valence-electron chi connectivity index (χ0n) is 19.7. The van der Waals surface area contributed by atoms with Crippen molar-refractivity contribution in [1.29, 1.82) is 0 Å². The highest BCUT2D eigenvalue weighted by Gasteiger charge is 2.21. The van der Waals surface area contributed by atoms with Crippen LogP contribution in [0, 0.1) is 12.7 Å². The molecule has 2 heterocycles. The zero-order chi connectivity index (χ0) is 27.0. The Labute approximate surface area is 213 Å². The van der Waals surface area contributed by atoms with Gasteiger partial charge in [-0.1, -0.05) is 36.4 Å². The molecule has 5 aromatic rings. The van der Waals surface area contributed by atoms with Gasteiger partial charge in [-0.3, -0.25) is 0 Å². The summed E-state index contributed by atoms with van der Waals surface area (Å²) in [5.41, 5.74) is -0.540. The van der Waals surface area contributed by atoms with Gasteiger partial charge in [-0.15, -0.1) is 0 Å². The van der Waals surface area contributed by atoms with Crippen LogP contribution in [0.3, 0.4) is 0 Å². The van der Waals surface area contributed by atoms with Gasteiger partial charge < -0.3 is 14.6 Å². The van der Waals surface area contributed by atoms with E-state index in [4.69, 9.17) is 9.47 Å². The molecule has 0 amide bonds. The SMILES string of the molecule is Cc1cc2nc(C(F)F)cc(OC(O)c3ccccc3)c2cc1Oc1cc(C(F)F)nc2c(F)cccc12. The van der Waals surface area contributed by atoms with Gasteiger partial charge in [0, 0.05) is 28.5 Å². The van der Waals surface area contributed by atoms with Crippen LogP contribution in [0.2, 0.25) is 0 Å². The summed E-state index contributed by atoms with van der Waals surface area (Å²) in [4.78, 5) is 7.71. The van der Waals surface area contributed by atoms with E-state index in [9.17, 15) is 27.1 Å². The van der Waals surface area contributed by atoms with Crippen molar-refractivity contribution < 1.29 is 36.5 Å². The molecule has 0 saturated carbocycles. The lowest BCUT2D eigenvalue weighted by atomic mass is 10.1. The summed E-state index contributed by atoms with van der Waals surface area (Å²) in [6.45, 7) is 1.61. The second-order valence-corrected chi connectivity index (χ2v) is 8.45. The van der Waals surface area contributed by atoms with Gasteiger partial charge in [-0.05, 0) is 36.8 Å². The van der Waals surface area contributed by atoms with Crippen LogP contribution >= 0.6 is 0 Å². The molecule has 0 aliphatic carbocycles. The van der Waals surface area contributed by atoms with Crippen molar-refractivity contribution in [3.63, 3.8) is 0 Å². The topological polar surface area (TPSA) is 64.5 Å². The number of rotatable bonds is 7. The Balaban J connectivity index is 1.63. The van der Waals surface area contributed by atoms with Crippen molar-refractivity contribution in [1.82, 2.24) is 9.97 Å². The van der Waals surface area contributed by atoms with Gasteiger partial charge in [0.1, 0.15) is 40.0 Å². The van der Waals surface area contributed by atoms with Crippen LogP contribution in [0.5, 0.6) is 17.2 Å². The van der Waals surface area contributed by atoms with Crippen LogP contribution in [-0.2, 0) is 0 Å². The van der Waals surface area contributed by atoms with Crippen LogP contribution < -0.4 is 9.47 Å². The third-order valence-electron chi connectivity index (χ3n) is 5.85. The Morgan fingerprint density at radius 3 is 2.13 bits per heavy atom. The lowest BCUT2D eigenvalue weighted by Crippen LogP contribution is -2.07. The molecule has 0 bridgehead atoms. The molecule has 1 unspecified atom stereocenters. The quantitative estimate of drug-likeness (QED) is 0.172. The fourth-order valence-electron chi connectivity index (χ4n) is 3.99. The van der Waals surface area contributed by atoms with E-state index >= 15 is 0 Å². The average Bonchev–Trinajstić information content (AvgIpc) is 2.90. The highest BCUT2D eigenvalue weighted by atomic mass is 19.3. The summed E-state index contributed by atoms with van der Waals surface area (Å²) in [6.07, 6.45) is -7.35. The second-order valence-electron chi connectivity index (χ2n) is 8.45. The Bertz CT molecular complexity index is 1630. The van der Waals surface area contributed by atoms with Crippen molar-refractivity contribution in [2.24, 2.45) is 0 Å². The number of pyridine rings is 2. The normalized spacial score (nSPS) is 12.4. The van der Waals surface area contributed by atoms with Crippen molar-refractivity contribution in [2.45, 2.75) is 26.1 Å². The lowest BCUT2D eigenvalue weighted by molar-refractivity contribution is -0.0186. The molecule has 0 spiro atoms. The highest BCUT2D eigenvalue weighted by Crippen LogP contribution is 2.39. The first-order chi connectivity index (χ1) is 18.2. The molecule has 38 heavy (non-hydrogen) atoms. The number of hydrogen-bond donors (Lipinski definition) is 1. The maximum Gasteiger partial charge on any atom is 0.280 e. The third kappa shape index (κ3) is 4.95. The number of benzene rings is 3. The highest BCUT2D eigenvalue weighted by molar-refractivity contribution is 5.89. The first-order valence-electron chi connectivity index (χ1n) is 11.4. The number of halogens is 5. The largest absolute Gasteiger partial charge is 0.460 e. The van der Waals surface area contributed by atoms with Gasteiger partial charge in [0.2, 0.25) is 6.29 Å². The number of nitrogens with zero attached hydrogens (tertiary/aromatic N) is 2. The summed E-state index contributed by atoms with van der Waals surface area (Å²) in [7, 11) is 0. The van der Waals surface area contributed by atoms with Crippen LogP contribution in [0.4, 0.5) is 22.0 Å². The van der Waals surface area contributed by atoms with E-state index in [1.54, 1.807) is 37.3 Å². The minimum Gasteiger partial charge on any atom is -0.460 e. The molecule has 0 fully saturated rings. The number of aliphatic hydroxyl groups is 1. The van der Waals surface area contributed by atoms with Crippen molar-refractivity contribution in [3.05, 3.63) is 101 Å². The van der Waals surface area contributed by atoms with E-state index in [1.165, 1.54) is 24.3 Å². The molecule has 5 nitrogen and oxygen atoms in total. The maximum atomic E-state index is 14.4. The number of ether oxygens (including phenoxy) is 2. The second kappa shape index (κ2) is 10.2. The summed E-state index contributed by atoms with van der Waals surface area (Å²) in [6, 6.07) is 17.2. The monoisotopic (exact) mass is 526 g/mol. The van der Waals surface area contributed by atoms with E-state index in [1.807, 2.05) is 0 Å². The molecule has 1 N–H and O–H groups in total. The molecule has 0 radical (unpaired) electrons. The van der Waals surface area contributed by atoms with Gasteiger partial charge in [-0.2, -0.15) is 0 Å². The van der Waals surface area contributed by atoms with E-state index < -0.39 is 36.3 Å². The van der Waals surface area contributed by atoms with Crippen molar-refractivity contribution in [2.75, 3.05) is 0 Å². The van der Waals surface area contributed by atoms with E-state index in [0.29, 0.717) is 11.1 Å². The zero-order valence-corrected chi connectivity index (χ0v) is 19.7. The maximum absolute atomic E-state index is 14.4. The molecular formula is C28H19F5N2O3. The van der Waals surface area contributed by atoms with Gasteiger partial charge in [0.05, 0.1) is 5.52 Å². The number of para-hydroxylation sites is 1. The fourth-order valence-corrected chi connectivity index (χ4v) is 3.99. The van der Waals surface area contributed by atoms with Crippen molar-refractivity contribution >= 4 is 21.8 Å². The van der Waals surface area contributed by atoms with E-state index in [0.717, 1.165) is 18.2 Å². The lowest BCUT2D eigenvalue weighted by Gasteiger charge is -2.18. The summed E-state index contributed by atoms with van der Waals surface area (Å²) >= 11 is 0. The van der Waals surface area contributed by atoms with Gasteiger partial charge in [-0.25, -0.2) is 31.9 Å². The Kier molecular flexibility index (Phi) is 6.81. The Hall–Kier alpha value is -4.31. The first-order valence-corrected chi connectivity index (χ1v) is 11.4. The smallest absolute Gasteiger partial charge is 0.280 e. The molecular weight excluding hydrogens is 507 g/mol. The first kappa shape index (κ1) is 25.3.